The SMILES string of the molecule is CCOc1cc(/C=c2/sc3n(c2=O)[C@@H](c2cccs2)C2=C(N=3)c3ccccc3CC2)ccc1OCc1ccccc1Cl. The largest absolute Gasteiger partial charge is 0.490 e. The first-order valence-corrected chi connectivity index (χ1v) is 16.0. The van der Waals surface area contributed by atoms with Gasteiger partial charge in [0.25, 0.3) is 5.56 Å². The molecule has 210 valence electrons. The Morgan fingerprint density at radius 2 is 1.86 bits per heavy atom. The van der Waals surface area contributed by atoms with Crippen LogP contribution < -0.4 is 24.4 Å². The number of allylic oxidation sites excluding steroid dienone is 1. The van der Waals surface area contributed by atoms with Gasteiger partial charge in [-0.05, 0) is 72.2 Å². The summed E-state index contributed by atoms with van der Waals surface area (Å²) in [5.74, 6) is 1.24. The number of hydrogen-bond donors (Lipinski definition) is 0. The van der Waals surface area contributed by atoms with Crippen LogP contribution in [-0.4, -0.2) is 11.2 Å². The normalized spacial score (nSPS) is 16.0. The number of thiazole rings is 1. The number of ether oxygens (including phenoxy) is 2. The molecule has 5 aromatic rings. The number of thiophene rings is 1. The third-order valence-corrected chi connectivity index (χ3v) is 9.87. The average molecular weight is 611 g/mol. The van der Waals surface area contributed by atoms with Crippen LogP contribution in [0, 0.1) is 0 Å². The highest BCUT2D eigenvalue weighted by atomic mass is 35.5. The van der Waals surface area contributed by atoms with E-state index in [0.29, 0.717) is 34.3 Å². The molecule has 7 rings (SSSR count). The Morgan fingerprint density at radius 3 is 2.69 bits per heavy atom. The summed E-state index contributed by atoms with van der Waals surface area (Å²) < 4.78 is 14.5. The van der Waals surface area contributed by atoms with Gasteiger partial charge < -0.3 is 9.47 Å². The fraction of sp³-hybridized carbons (Fsp3) is 0.176. The molecule has 0 radical (unpaired) electrons. The van der Waals surface area contributed by atoms with Gasteiger partial charge >= 0.3 is 0 Å². The molecule has 42 heavy (non-hydrogen) atoms. The molecule has 0 fully saturated rings. The minimum atomic E-state index is -0.147. The zero-order valence-electron chi connectivity index (χ0n) is 22.9. The Hall–Kier alpha value is -3.91. The van der Waals surface area contributed by atoms with Crippen molar-refractivity contribution in [3.63, 3.8) is 0 Å². The van der Waals surface area contributed by atoms with E-state index in [-0.39, 0.29) is 11.6 Å². The van der Waals surface area contributed by atoms with Crippen molar-refractivity contribution in [3.05, 3.63) is 142 Å². The van der Waals surface area contributed by atoms with E-state index in [2.05, 4.69) is 41.8 Å². The van der Waals surface area contributed by atoms with Crippen LogP contribution in [0.25, 0.3) is 11.8 Å². The standard InChI is InChI=1S/C34H27ClN2O3S2/c1-2-39-28-18-21(13-16-27(28)40-20-23-9-4-6-11-26(23)35)19-30-33(38)37-32(29-12-7-17-41-29)25-15-14-22-8-3-5-10-24(22)31(25)36-34(37)42-30/h3-13,16-19,32H,2,14-15,20H2,1H3/b30-19+/t32-/m1/s1. The summed E-state index contributed by atoms with van der Waals surface area (Å²) in [4.78, 5) is 21.0. The monoisotopic (exact) mass is 610 g/mol. The highest BCUT2D eigenvalue weighted by molar-refractivity contribution is 7.10. The molecule has 8 heteroatoms. The zero-order chi connectivity index (χ0) is 28.6. The minimum Gasteiger partial charge on any atom is -0.490 e. The lowest BCUT2D eigenvalue weighted by Gasteiger charge is -2.30. The smallest absolute Gasteiger partial charge is 0.271 e. The van der Waals surface area contributed by atoms with Gasteiger partial charge in [-0.1, -0.05) is 77.5 Å². The van der Waals surface area contributed by atoms with Crippen LogP contribution in [0.5, 0.6) is 11.5 Å². The summed E-state index contributed by atoms with van der Waals surface area (Å²) in [6.07, 6.45) is 3.75. The molecule has 1 atom stereocenters. The summed E-state index contributed by atoms with van der Waals surface area (Å²) in [6, 6.07) is 25.9. The third-order valence-electron chi connectivity index (χ3n) is 7.59. The molecule has 0 saturated heterocycles. The van der Waals surface area contributed by atoms with E-state index in [4.69, 9.17) is 26.1 Å². The van der Waals surface area contributed by atoms with Crippen molar-refractivity contribution < 1.29 is 9.47 Å². The molecule has 0 unspecified atom stereocenters. The Balaban J connectivity index is 1.30. The number of fused-ring (bicyclic) bond motifs is 3. The molecular formula is C34H27ClN2O3S2. The van der Waals surface area contributed by atoms with Crippen molar-refractivity contribution in [1.82, 2.24) is 4.57 Å². The van der Waals surface area contributed by atoms with E-state index in [9.17, 15) is 4.79 Å². The number of halogens is 1. The lowest BCUT2D eigenvalue weighted by molar-refractivity contribution is 0.269. The van der Waals surface area contributed by atoms with Crippen LogP contribution >= 0.6 is 34.3 Å². The first-order valence-electron chi connectivity index (χ1n) is 13.9. The average Bonchev–Trinajstić information content (AvgIpc) is 3.65. The molecule has 0 amide bonds. The number of aryl methyl sites for hydroxylation is 1. The van der Waals surface area contributed by atoms with Crippen LogP contribution in [0.4, 0.5) is 0 Å². The quantitative estimate of drug-likeness (QED) is 0.199. The van der Waals surface area contributed by atoms with E-state index < -0.39 is 0 Å². The molecule has 1 aliphatic carbocycles. The van der Waals surface area contributed by atoms with Gasteiger partial charge in [0.05, 0.1) is 22.9 Å². The van der Waals surface area contributed by atoms with Gasteiger partial charge in [0.1, 0.15) is 6.61 Å². The van der Waals surface area contributed by atoms with Crippen LogP contribution in [0.15, 0.2) is 99.6 Å². The fourth-order valence-electron chi connectivity index (χ4n) is 5.64. The summed E-state index contributed by atoms with van der Waals surface area (Å²) in [6.45, 7) is 2.75. The second-order valence-corrected chi connectivity index (χ2v) is 12.5. The van der Waals surface area contributed by atoms with Crippen molar-refractivity contribution in [2.75, 3.05) is 6.61 Å². The summed E-state index contributed by atoms with van der Waals surface area (Å²) in [7, 11) is 0. The highest BCUT2D eigenvalue weighted by Gasteiger charge is 2.33. The molecule has 0 saturated carbocycles. The third kappa shape index (κ3) is 4.91. The first-order chi connectivity index (χ1) is 20.6. The number of rotatable bonds is 7. The Bertz CT molecular complexity index is 2010. The van der Waals surface area contributed by atoms with Crippen molar-refractivity contribution >= 4 is 46.0 Å². The zero-order valence-corrected chi connectivity index (χ0v) is 25.3. The lowest BCUT2D eigenvalue weighted by Crippen LogP contribution is -2.38. The molecule has 3 heterocycles. The Morgan fingerprint density at radius 1 is 1.00 bits per heavy atom. The fourth-order valence-corrected chi connectivity index (χ4v) is 7.68. The van der Waals surface area contributed by atoms with Crippen LogP contribution in [-0.2, 0) is 13.0 Å². The van der Waals surface area contributed by atoms with Crippen molar-refractivity contribution in [2.45, 2.75) is 32.4 Å². The van der Waals surface area contributed by atoms with E-state index in [1.807, 2.05) is 60.0 Å². The second kappa shape index (κ2) is 11.4. The maximum Gasteiger partial charge on any atom is 0.271 e. The van der Waals surface area contributed by atoms with Gasteiger partial charge in [-0.25, -0.2) is 4.99 Å². The lowest BCUT2D eigenvalue weighted by atomic mass is 9.85. The molecule has 0 bridgehead atoms. The molecule has 2 aromatic heterocycles. The number of benzene rings is 3. The minimum absolute atomic E-state index is 0.0282. The highest BCUT2D eigenvalue weighted by Crippen LogP contribution is 2.42. The summed E-state index contributed by atoms with van der Waals surface area (Å²) in [5.41, 5.74) is 6.44. The number of aromatic nitrogens is 1. The number of nitrogens with zero attached hydrogens (tertiary/aromatic N) is 2. The van der Waals surface area contributed by atoms with E-state index in [1.54, 1.807) is 11.3 Å². The van der Waals surface area contributed by atoms with E-state index in [0.717, 1.165) is 39.3 Å². The van der Waals surface area contributed by atoms with Gasteiger partial charge in [-0.15, -0.1) is 11.3 Å². The van der Waals surface area contributed by atoms with E-state index in [1.165, 1.54) is 28.0 Å². The predicted molar refractivity (Wildman–Crippen MR) is 170 cm³/mol. The Labute approximate surface area is 256 Å². The van der Waals surface area contributed by atoms with Crippen molar-refractivity contribution in [3.8, 4) is 11.5 Å². The van der Waals surface area contributed by atoms with Gasteiger partial charge in [-0.2, -0.15) is 0 Å². The van der Waals surface area contributed by atoms with Gasteiger partial charge in [0, 0.05) is 21.0 Å². The van der Waals surface area contributed by atoms with Crippen LogP contribution in [0.1, 0.15) is 46.5 Å². The molecular weight excluding hydrogens is 584 g/mol. The van der Waals surface area contributed by atoms with Crippen LogP contribution in [0.2, 0.25) is 5.02 Å². The van der Waals surface area contributed by atoms with E-state index >= 15 is 0 Å². The molecule has 2 aliphatic rings. The molecule has 5 nitrogen and oxygen atoms in total. The molecule has 3 aromatic carbocycles. The van der Waals surface area contributed by atoms with Crippen molar-refractivity contribution in [1.29, 1.82) is 0 Å². The van der Waals surface area contributed by atoms with Crippen LogP contribution in [0.3, 0.4) is 0 Å². The van der Waals surface area contributed by atoms with Crippen molar-refractivity contribution in [2.24, 2.45) is 4.99 Å². The Kier molecular flexibility index (Phi) is 7.32. The molecule has 0 N–H and O–H groups in total. The van der Waals surface area contributed by atoms with Gasteiger partial charge in [0.15, 0.2) is 16.3 Å². The molecule has 0 spiro atoms. The predicted octanol–water partition coefficient (Wildman–Crippen LogP) is 7.01. The summed E-state index contributed by atoms with van der Waals surface area (Å²) in [5, 5.41) is 2.74. The number of hydrogen-bond acceptors (Lipinski definition) is 6. The van der Waals surface area contributed by atoms with Gasteiger partial charge in [-0.3, -0.25) is 9.36 Å². The second-order valence-electron chi connectivity index (χ2n) is 10.1. The van der Waals surface area contributed by atoms with Gasteiger partial charge in [0.2, 0.25) is 0 Å². The molecule has 1 aliphatic heterocycles. The maximum atomic E-state index is 14.0. The topological polar surface area (TPSA) is 52.8 Å². The maximum absolute atomic E-state index is 14.0. The first kappa shape index (κ1) is 27.0. The summed E-state index contributed by atoms with van der Waals surface area (Å²) >= 11 is 9.43.